The minimum absolute atomic E-state index is 0.163. The van der Waals surface area contributed by atoms with E-state index in [0.717, 1.165) is 27.9 Å². The number of thiazole rings is 1. The molecule has 0 fully saturated rings. The van der Waals surface area contributed by atoms with E-state index in [1.54, 1.807) is 17.4 Å². The van der Waals surface area contributed by atoms with Gasteiger partial charge < -0.3 is 10.6 Å². The lowest BCUT2D eigenvalue weighted by Gasteiger charge is -2.21. The molecule has 26 heavy (non-hydrogen) atoms. The lowest BCUT2D eigenvalue weighted by Crippen LogP contribution is -2.25. The van der Waals surface area contributed by atoms with E-state index in [1.807, 2.05) is 48.2 Å². The molecule has 1 amide bonds. The largest absolute Gasteiger partial charge is 0.332 e. The number of hydrogen-bond donors (Lipinski definition) is 2. The summed E-state index contributed by atoms with van der Waals surface area (Å²) >= 11 is 1.56. The second kappa shape index (κ2) is 6.92. The fraction of sp³-hybridized carbons (Fsp3) is 0.316. The van der Waals surface area contributed by atoms with E-state index in [-0.39, 0.29) is 11.4 Å². The number of rotatable bonds is 4. The maximum Gasteiger partial charge on any atom is 0.276 e. The van der Waals surface area contributed by atoms with Crippen LogP contribution >= 0.6 is 11.3 Å². The van der Waals surface area contributed by atoms with Gasteiger partial charge in [-0.2, -0.15) is 5.10 Å². The summed E-state index contributed by atoms with van der Waals surface area (Å²) in [4.78, 5) is 16.8. The molecule has 1 aromatic carbocycles. The summed E-state index contributed by atoms with van der Waals surface area (Å²) in [7, 11) is 0. The fourth-order valence-corrected chi connectivity index (χ4v) is 3.34. The molecule has 136 valence electrons. The molecular weight excluding hydrogens is 346 g/mol. The molecule has 0 atom stereocenters. The molecule has 0 saturated carbocycles. The highest BCUT2D eigenvalue weighted by molar-refractivity contribution is 7.13. The normalized spacial score (nSPS) is 11.4. The van der Waals surface area contributed by atoms with Crippen LogP contribution < -0.4 is 10.6 Å². The van der Waals surface area contributed by atoms with E-state index in [0.29, 0.717) is 5.69 Å². The summed E-state index contributed by atoms with van der Waals surface area (Å²) in [5, 5.41) is 13.4. The van der Waals surface area contributed by atoms with Crippen LogP contribution in [0.3, 0.4) is 0 Å². The molecule has 2 heterocycles. The minimum atomic E-state index is -0.215. The van der Waals surface area contributed by atoms with Crippen LogP contribution in [0.5, 0.6) is 0 Å². The van der Waals surface area contributed by atoms with Gasteiger partial charge in [0.25, 0.3) is 5.91 Å². The Balaban J connectivity index is 1.68. The van der Waals surface area contributed by atoms with Gasteiger partial charge >= 0.3 is 0 Å². The molecule has 3 aromatic rings. The zero-order chi connectivity index (χ0) is 18.9. The number of nitrogens with zero attached hydrogens (tertiary/aromatic N) is 3. The van der Waals surface area contributed by atoms with Crippen molar-refractivity contribution in [1.82, 2.24) is 14.8 Å². The molecule has 0 radical (unpaired) electrons. The molecule has 0 unspecified atom stereocenters. The highest BCUT2D eigenvalue weighted by Gasteiger charge is 2.20. The van der Waals surface area contributed by atoms with E-state index in [2.05, 4.69) is 41.5 Å². The van der Waals surface area contributed by atoms with E-state index in [9.17, 15) is 4.79 Å². The third kappa shape index (κ3) is 4.11. The van der Waals surface area contributed by atoms with Gasteiger partial charge in [-0.25, -0.2) is 4.98 Å². The molecular formula is C19H23N5OS. The summed E-state index contributed by atoms with van der Waals surface area (Å²) in [6.45, 7) is 10.1. The first kappa shape index (κ1) is 18.1. The molecule has 3 rings (SSSR count). The Labute approximate surface area is 157 Å². The first-order valence-electron chi connectivity index (χ1n) is 8.40. The van der Waals surface area contributed by atoms with Crippen molar-refractivity contribution in [1.29, 1.82) is 0 Å². The van der Waals surface area contributed by atoms with Crippen LogP contribution in [-0.4, -0.2) is 20.7 Å². The standard InChI is InChI=1S/C19H23N5OS/c1-12-11-26-18(20-12)22-15-8-6-14(7-9-15)21-17(25)16-10-13(2)24(23-16)19(3,4)5/h6-11H,1-5H3,(H,20,22)(H,21,25). The maximum absolute atomic E-state index is 12.5. The van der Waals surface area contributed by atoms with Gasteiger partial charge in [0, 0.05) is 22.4 Å². The third-order valence-corrected chi connectivity index (χ3v) is 4.64. The van der Waals surface area contributed by atoms with Crippen molar-refractivity contribution in [3.8, 4) is 0 Å². The average Bonchev–Trinajstić information content (AvgIpc) is 3.15. The Morgan fingerprint density at radius 3 is 2.31 bits per heavy atom. The predicted octanol–water partition coefficient (Wildman–Crippen LogP) is 4.71. The maximum atomic E-state index is 12.5. The van der Waals surface area contributed by atoms with Crippen LogP contribution in [0.25, 0.3) is 0 Å². The van der Waals surface area contributed by atoms with Crippen molar-refractivity contribution < 1.29 is 4.79 Å². The van der Waals surface area contributed by atoms with Crippen molar-refractivity contribution in [2.45, 2.75) is 40.2 Å². The first-order valence-corrected chi connectivity index (χ1v) is 9.28. The van der Waals surface area contributed by atoms with E-state index in [4.69, 9.17) is 0 Å². The summed E-state index contributed by atoms with van der Waals surface area (Å²) in [6, 6.07) is 9.33. The predicted molar refractivity (Wildman–Crippen MR) is 106 cm³/mol. The molecule has 0 aliphatic rings. The van der Waals surface area contributed by atoms with E-state index >= 15 is 0 Å². The SMILES string of the molecule is Cc1csc(Nc2ccc(NC(=O)c3cc(C)n(C(C)(C)C)n3)cc2)n1. The Morgan fingerprint density at radius 1 is 1.12 bits per heavy atom. The van der Waals surface area contributed by atoms with Gasteiger partial charge in [-0.3, -0.25) is 9.48 Å². The number of aryl methyl sites for hydroxylation is 2. The molecule has 2 N–H and O–H groups in total. The van der Waals surface area contributed by atoms with Crippen LogP contribution in [-0.2, 0) is 5.54 Å². The van der Waals surface area contributed by atoms with Gasteiger partial charge in [0.2, 0.25) is 0 Å². The smallest absolute Gasteiger partial charge is 0.276 e. The van der Waals surface area contributed by atoms with Crippen molar-refractivity contribution in [2.75, 3.05) is 10.6 Å². The van der Waals surface area contributed by atoms with E-state index in [1.165, 1.54) is 0 Å². The topological polar surface area (TPSA) is 71.8 Å². The lowest BCUT2D eigenvalue weighted by molar-refractivity contribution is 0.102. The van der Waals surface area contributed by atoms with Gasteiger partial charge in [-0.05, 0) is 65.0 Å². The summed E-state index contributed by atoms with van der Waals surface area (Å²) in [6.07, 6.45) is 0. The number of benzene rings is 1. The van der Waals surface area contributed by atoms with Gasteiger partial charge in [0.1, 0.15) is 0 Å². The average molecular weight is 369 g/mol. The number of carbonyl (C=O) groups excluding carboxylic acids is 1. The molecule has 0 bridgehead atoms. The lowest BCUT2D eigenvalue weighted by atomic mass is 10.1. The molecule has 0 spiro atoms. The number of nitrogens with one attached hydrogen (secondary N) is 2. The third-order valence-electron chi connectivity index (χ3n) is 3.77. The van der Waals surface area contributed by atoms with Crippen LogP contribution in [0, 0.1) is 13.8 Å². The second-order valence-corrected chi connectivity index (χ2v) is 8.06. The van der Waals surface area contributed by atoms with Gasteiger partial charge in [-0.15, -0.1) is 11.3 Å². The number of amides is 1. The zero-order valence-electron chi connectivity index (χ0n) is 15.6. The van der Waals surface area contributed by atoms with Gasteiger partial charge in [0.05, 0.1) is 11.2 Å². The monoisotopic (exact) mass is 369 g/mol. The zero-order valence-corrected chi connectivity index (χ0v) is 16.4. The van der Waals surface area contributed by atoms with E-state index < -0.39 is 0 Å². The highest BCUT2D eigenvalue weighted by Crippen LogP contribution is 2.22. The number of anilines is 3. The van der Waals surface area contributed by atoms with Crippen molar-refractivity contribution in [2.24, 2.45) is 0 Å². The Morgan fingerprint density at radius 2 is 1.77 bits per heavy atom. The first-order chi connectivity index (χ1) is 12.2. The Hall–Kier alpha value is -2.67. The summed E-state index contributed by atoms with van der Waals surface area (Å²) < 4.78 is 1.87. The van der Waals surface area contributed by atoms with Crippen molar-refractivity contribution in [3.63, 3.8) is 0 Å². The van der Waals surface area contributed by atoms with Gasteiger partial charge in [0.15, 0.2) is 10.8 Å². The quantitative estimate of drug-likeness (QED) is 0.699. The number of aromatic nitrogens is 3. The summed E-state index contributed by atoms with van der Waals surface area (Å²) in [5.74, 6) is -0.215. The molecule has 6 nitrogen and oxygen atoms in total. The van der Waals surface area contributed by atoms with Crippen molar-refractivity contribution >= 4 is 33.8 Å². The van der Waals surface area contributed by atoms with Crippen LogP contribution in [0.15, 0.2) is 35.7 Å². The Kier molecular flexibility index (Phi) is 4.82. The molecule has 7 heteroatoms. The number of hydrogen-bond acceptors (Lipinski definition) is 5. The number of carbonyl (C=O) groups is 1. The fourth-order valence-electron chi connectivity index (χ4n) is 2.63. The second-order valence-electron chi connectivity index (χ2n) is 7.20. The van der Waals surface area contributed by atoms with Crippen molar-refractivity contribution in [3.05, 3.63) is 52.8 Å². The molecule has 2 aromatic heterocycles. The minimum Gasteiger partial charge on any atom is -0.332 e. The van der Waals surface area contributed by atoms with Crippen LogP contribution in [0.2, 0.25) is 0 Å². The van der Waals surface area contributed by atoms with Crippen LogP contribution in [0.4, 0.5) is 16.5 Å². The summed E-state index contributed by atoms with van der Waals surface area (Å²) in [5.41, 5.74) is 3.85. The van der Waals surface area contributed by atoms with Gasteiger partial charge in [-0.1, -0.05) is 0 Å². The molecule has 0 aliphatic carbocycles. The highest BCUT2D eigenvalue weighted by atomic mass is 32.1. The molecule has 0 saturated heterocycles. The van der Waals surface area contributed by atoms with Crippen LogP contribution in [0.1, 0.15) is 42.6 Å². The Bertz CT molecular complexity index is 918. The molecule has 0 aliphatic heterocycles.